The predicted octanol–water partition coefficient (Wildman–Crippen LogP) is 6.73. The highest BCUT2D eigenvalue weighted by molar-refractivity contribution is 5.78. The van der Waals surface area contributed by atoms with Crippen LogP contribution in [0.25, 0.3) is 0 Å². The lowest BCUT2D eigenvalue weighted by molar-refractivity contribution is -0.126. The predicted molar refractivity (Wildman–Crippen MR) is 157 cm³/mol. The van der Waals surface area contributed by atoms with E-state index in [2.05, 4.69) is 26.1 Å². The first-order chi connectivity index (χ1) is 17.3. The van der Waals surface area contributed by atoms with Crippen molar-refractivity contribution in [3.63, 3.8) is 0 Å². The number of primary amides is 1. The second-order valence-electron chi connectivity index (χ2n) is 10.6. The zero-order valence-corrected chi connectivity index (χ0v) is 24.6. The van der Waals surface area contributed by atoms with E-state index in [1.54, 1.807) is 0 Å². The first kappa shape index (κ1) is 37.0. The third-order valence-corrected chi connectivity index (χ3v) is 7.08. The Kier molecular flexibility index (Phi) is 29.2. The van der Waals surface area contributed by atoms with Crippen LogP contribution in [0.2, 0.25) is 0 Å². The molecule has 216 valence electrons. The summed E-state index contributed by atoms with van der Waals surface area (Å²) in [5.41, 5.74) is 16.4. The summed E-state index contributed by atoms with van der Waals surface area (Å²) < 4.78 is 0. The van der Waals surface area contributed by atoms with E-state index in [0.29, 0.717) is 13.0 Å². The maximum Gasteiger partial charge on any atom is 0.223 e. The minimum atomic E-state index is -0.162. The molecule has 0 radical (unpaired) electrons. The normalized spacial score (nSPS) is 13.4. The molecule has 0 rings (SSSR count). The average Bonchev–Trinajstić information content (AvgIpc) is 2.86. The molecule has 36 heavy (non-hydrogen) atoms. The van der Waals surface area contributed by atoms with Crippen LogP contribution in [0.15, 0.2) is 0 Å². The number of amides is 2. The molecule has 6 nitrogen and oxygen atoms in total. The van der Waals surface area contributed by atoms with Crippen molar-refractivity contribution in [2.24, 2.45) is 23.1 Å². The lowest BCUT2D eigenvalue weighted by Gasteiger charge is -2.23. The summed E-state index contributed by atoms with van der Waals surface area (Å²) in [7, 11) is 0. The molecule has 2 amide bonds. The first-order valence-corrected chi connectivity index (χ1v) is 15.4. The van der Waals surface area contributed by atoms with Gasteiger partial charge in [0.2, 0.25) is 11.8 Å². The van der Waals surface area contributed by atoms with Gasteiger partial charge in [0.05, 0.1) is 0 Å². The Hall–Kier alpha value is -1.14. The summed E-state index contributed by atoms with van der Waals surface area (Å²) in [4.78, 5) is 22.7. The van der Waals surface area contributed by atoms with Gasteiger partial charge in [0.25, 0.3) is 0 Å². The van der Waals surface area contributed by atoms with Crippen LogP contribution in [0.5, 0.6) is 0 Å². The van der Waals surface area contributed by atoms with Gasteiger partial charge in [0.1, 0.15) is 0 Å². The Bertz CT molecular complexity index is 488. The lowest BCUT2D eigenvalue weighted by atomic mass is 9.96. The second kappa shape index (κ2) is 28.4. The van der Waals surface area contributed by atoms with Crippen LogP contribution >= 0.6 is 0 Å². The number of unbranched alkanes of at least 4 members (excludes halogenated alkanes) is 15. The van der Waals surface area contributed by atoms with Gasteiger partial charge in [-0.25, -0.2) is 0 Å². The first-order valence-electron chi connectivity index (χ1n) is 15.4. The second-order valence-corrected chi connectivity index (χ2v) is 10.6. The molecule has 0 heterocycles. The van der Waals surface area contributed by atoms with Crippen LogP contribution in [-0.2, 0) is 9.59 Å². The molecule has 0 aromatic rings. The molecule has 0 aliphatic rings. The van der Waals surface area contributed by atoms with Crippen molar-refractivity contribution in [3.8, 4) is 0 Å². The molecule has 0 aliphatic carbocycles. The molecule has 0 saturated heterocycles. The Labute approximate surface area is 224 Å². The minimum absolute atomic E-state index is 0.0508. The van der Waals surface area contributed by atoms with Crippen molar-refractivity contribution in [1.82, 2.24) is 5.32 Å². The van der Waals surface area contributed by atoms with Gasteiger partial charge in [0, 0.05) is 31.0 Å². The Morgan fingerprint density at radius 3 is 1.50 bits per heavy atom. The highest BCUT2D eigenvalue weighted by atomic mass is 16.2. The number of hydrogen-bond donors (Lipinski definition) is 4. The average molecular weight is 513 g/mol. The fraction of sp³-hybridized carbons (Fsp3) is 0.933. The summed E-state index contributed by atoms with van der Waals surface area (Å²) >= 11 is 0. The summed E-state index contributed by atoms with van der Waals surface area (Å²) in [6.45, 7) is 8.90. The molecule has 0 aliphatic heterocycles. The molecule has 0 spiro atoms. The lowest BCUT2D eigenvalue weighted by Crippen LogP contribution is -2.50. The minimum Gasteiger partial charge on any atom is -0.370 e. The Morgan fingerprint density at radius 1 is 0.694 bits per heavy atom. The van der Waals surface area contributed by atoms with Crippen LogP contribution < -0.4 is 22.5 Å². The number of hydrogen-bond acceptors (Lipinski definition) is 4. The quantitative estimate of drug-likeness (QED) is 0.107. The van der Waals surface area contributed by atoms with Crippen molar-refractivity contribution in [2.45, 2.75) is 168 Å². The molecule has 3 unspecified atom stereocenters. The Balaban J connectivity index is 0. The third-order valence-electron chi connectivity index (χ3n) is 7.08. The molecule has 3 atom stereocenters. The Morgan fingerprint density at radius 2 is 1.11 bits per heavy atom. The number of nitrogens with one attached hydrogen (secondary N) is 1. The van der Waals surface area contributed by atoms with E-state index < -0.39 is 0 Å². The van der Waals surface area contributed by atoms with Crippen LogP contribution in [0.3, 0.4) is 0 Å². The molecule has 0 bridgehead atoms. The summed E-state index contributed by atoms with van der Waals surface area (Å²) in [5, 5.41) is 3.01. The standard InChI is InChI=1S/C18H39N3O.C12H25NO/c1-4-6-7-8-9-10-11-12-13-16(5-2)18(22)21-15(3)17(20)14-19;1-2-3-4-5-6-7-8-9-10-11-12(13)14/h15-17H,4-14,19-20H2,1-3H3,(H,21,22);2-11H2,1H3,(H2,13,14). The zero-order chi connectivity index (χ0) is 27.4. The molecule has 0 aromatic carbocycles. The van der Waals surface area contributed by atoms with Crippen molar-refractivity contribution in [3.05, 3.63) is 0 Å². The SMILES string of the molecule is CCCCCCCCCCC(CC)C(=O)NC(C)C(N)CN.CCCCCCCCCCCC(N)=O. The number of carbonyl (C=O) groups is 2. The third kappa shape index (κ3) is 25.9. The fourth-order valence-electron chi connectivity index (χ4n) is 4.31. The zero-order valence-electron chi connectivity index (χ0n) is 24.6. The van der Waals surface area contributed by atoms with Gasteiger partial charge in [0.15, 0.2) is 0 Å². The molecular formula is C30H64N4O2. The van der Waals surface area contributed by atoms with E-state index in [-0.39, 0.29) is 29.8 Å². The van der Waals surface area contributed by atoms with E-state index in [1.807, 2.05) is 6.92 Å². The summed E-state index contributed by atoms with van der Waals surface area (Å²) in [6, 6.07) is -0.213. The highest BCUT2D eigenvalue weighted by Crippen LogP contribution is 2.16. The van der Waals surface area contributed by atoms with Crippen LogP contribution in [-0.4, -0.2) is 30.4 Å². The van der Waals surface area contributed by atoms with E-state index in [9.17, 15) is 9.59 Å². The van der Waals surface area contributed by atoms with E-state index in [0.717, 1.165) is 32.1 Å². The van der Waals surface area contributed by atoms with E-state index in [1.165, 1.54) is 89.9 Å². The maximum absolute atomic E-state index is 12.2. The van der Waals surface area contributed by atoms with Gasteiger partial charge in [-0.15, -0.1) is 0 Å². The van der Waals surface area contributed by atoms with Crippen molar-refractivity contribution in [1.29, 1.82) is 0 Å². The van der Waals surface area contributed by atoms with Crippen LogP contribution in [0.4, 0.5) is 0 Å². The molecular weight excluding hydrogens is 448 g/mol. The summed E-state index contributed by atoms with van der Waals surface area (Å²) in [5.74, 6) is 0.0994. The molecule has 7 N–H and O–H groups in total. The fourth-order valence-corrected chi connectivity index (χ4v) is 4.31. The monoisotopic (exact) mass is 513 g/mol. The van der Waals surface area contributed by atoms with E-state index in [4.69, 9.17) is 17.2 Å². The molecule has 0 aromatic heterocycles. The molecule has 0 saturated carbocycles. The van der Waals surface area contributed by atoms with Gasteiger partial charge in [-0.05, 0) is 26.2 Å². The van der Waals surface area contributed by atoms with Crippen molar-refractivity contribution in [2.75, 3.05) is 6.54 Å². The summed E-state index contributed by atoms with van der Waals surface area (Å²) in [6.07, 6.45) is 24.4. The number of nitrogens with two attached hydrogens (primary N) is 3. The number of rotatable bonds is 24. The van der Waals surface area contributed by atoms with Gasteiger partial charge >= 0.3 is 0 Å². The maximum atomic E-state index is 12.2. The van der Waals surface area contributed by atoms with Gasteiger partial charge in [-0.1, -0.05) is 124 Å². The van der Waals surface area contributed by atoms with Gasteiger partial charge < -0.3 is 22.5 Å². The van der Waals surface area contributed by atoms with Gasteiger partial charge in [-0.3, -0.25) is 9.59 Å². The largest absolute Gasteiger partial charge is 0.370 e. The number of carbonyl (C=O) groups excluding carboxylic acids is 2. The van der Waals surface area contributed by atoms with E-state index >= 15 is 0 Å². The highest BCUT2D eigenvalue weighted by Gasteiger charge is 2.20. The van der Waals surface area contributed by atoms with Crippen LogP contribution in [0.1, 0.15) is 156 Å². The molecule has 0 fully saturated rings. The van der Waals surface area contributed by atoms with Gasteiger partial charge in [-0.2, -0.15) is 0 Å². The van der Waals surface area contributed by atoms with Crippen LogP contribution in [0, 0.1) is 5.92 Å². The van der Waals surface area contributed by atoms with Crippen molar-refractivity contribution < 1.29 is 9.59 Å². The molecule has 6 heteroatoms. The smallest absolute Gasteiger partial charge is 0.223 e. The topological polar surface area (TPSA) is 124 Å². The van der Waals surface area contributed by atoms with Crippen molar-refractivity contribution >= 4 is 11.8 Å².